The first-order valence-corrected chi connectivity index (χ1v) is 11.9. The maximum Gasteiger partial charge on any atom is 0.173 e. The fourth-order valence-corrected chi connectivity index (χ4v) is 5.07. The smallest absolute Gasteiger partial charge is 0.173 e. The molecule has 0 radical (unpaired) electrons. The molecule has 3 aliphatic rings. The Labute approximate surface area is 190 Å². The number of Topliss-reactive ketones (excluding diaryl/α,β-unsaturated/α-hetero) is 1. The summed E-state index contributed by atoms with van der Waals surface area (Å²) in [4.78, 5) is 26.8. The van der Waals surface area contributed by atoms with Gasteiger partial charge in [-0.1, -0.05) is 32.3 Å². The Kier molecular flexibility index (Phi) is 7.37. The second kappa shape index (κ2) is 10.4. The molecule has 3 heterocycles. The largest absolute Gasteiger partial charge is 0.388 e. The molecule has 7 heteroatoms. The van der Waals surface area contributed by atoms with E-state index < -0.39 is 0 Å². The first-order chi connectivity index (χ1) is 15.7. The van der Waals surface area contributed by atoms with Crippen LogP contribution in [0.3, 0.4) is 0 Å². The summed E-state index contributed by atoms with van der Waals surface area (Å²) in [6, 6.07) is 0.181. The number of carbonyl (C=O) groups excluding carboxylic acids is 2. The number of likely N-dealkylation sites (N-methyl/N-ethyl adjacent to an activating group) is 1. The monoisotopic (exact) mass is 438 g/mol. The minimum Gasteiger partial charge on any atom is -0.388 e. The lowest BCUT2D eigenvalue weighted by Gasteiger charge is -2.43. The molecule has 4 rings (SSSR count). The molecule has 7 nitrogen and oxygen atoms in total. The van der Waals surface area contributed by atoms with Gasteiger partial charge in [-0.2, -0.15) is 5.10 Å². The van der Waals surface area contributed by atoms with Crippen molar-refractivity contribution in [3.63, 3.8) is 0 Å². The number of ether oxygens (including phenoxy) is 1. The van der Waals surface area contributed by atoms with Gasteiger partial charge in [0.2, 0.25) is 0 Å². The molecule has 0 amide bonds. The molecule has 2 aliphatic heterocycles. The van der Waals surface area contributed by atoms with E-state index in [-0.39, 0.29) is 17.9 Å². The van der Waals surface area contributed by atoms with Crippen LogP contribution in [0.4, 0.5) is 0 Å². The van der Waals surface area contributed by atoms with Crippen molar-refractivity contribution >= 4 is 17.6 Å². The topological polar surface area (TPSA) is 87.3 Å². The maximum atomic E-state index is 13.0. The van der Waals surface area contributed by atoms with E-state index in [2.05, 4.69) is 33.4 Å². The number of unbranched alkanes of at least 4 members (excludes halogenated alkanes) is 3. The number of aromatic amines is 1. The third-order valence-corrected chi connectivity index (χ3v) is 6.84. The number of hydrogen-bond donors (Lipinski definition) is 2. The number of nitrogens with one attached hydrogen (secondary N) is 2. The van der Waals surface area contributed by atoms with E-state index in [1.54, 1.807) is 0 Å². The molecule has 1 aliphatic carbocycles. The molecular formula is C25H34N4O3. The maximum absolute atomic E-state index is 13.0. The standard InChI is InChI=1S/C25H34N4O3/c1-3-4-5-6-11-32-18-9-10-29-15-24(31)19-7-8-20(25-17(16-30)14-27-28-25)22(26-2)13-21(19)23(29)12-18/h8,13-14,16,18,23,26H,3-7,9-12,15H2,1-2H3,(H,27,28). The summed E-state index contributed by atoms with van der Waals surface area (Å²) in [7, 11) is 1.87. The fraction of sp³-hybridized carbons (Fsp3) is 0.560. The van der Waals surface area contributed by atoms with Crippen LogP contribution in [-0.4, -0.2) is 66.1 Å². The lowest BCUT2D eigenvalue weighted by Crippen LogP contribution is -2.51. The molecule has 0 spiro atoms. The Hall–Kier alpha value is -2.51. The molecule has 1 saturated heterocycles. The number of ketones is 1. The quantitative estimate of drug-likeness (QED) is 0.454. The van der Waals surface area contributed by atoms with E-state index in [1.165, 1.54) is 25.5 Å². The number of allylic oxidation sites excluding steroid dienone is 2. The van der Waals surface area contributed by atoms with Crippen LogP contribution in [0.1, 0.15) is 67.9 Å². The van der Waals surface area contributed by atoms with Gasteiger partial charge in [-0.25, -0.2) is 0 Å². The SMILES string of the molecule is CCCCCCOC1CCN2CC(=O)C3=C(C=C(NC)C(c4[nH]ncc4C=O)=CC3)C2C1. The van der Waals surface area contributed by atoms with Crippen molar-refractivity contribution in [2.75, 3.05) is 26.7 Å². The first-order valence-electron chi connectivity index (χ1n) is 11.9. The van der Waals surface area contributed by atoms with E-state index in [9.17, 15) is 9.59 Å². The lowest BCUT2D eigenvalue weighted by molar-refractivity contribution is -0.119. The highest BCUT2D eigenvalue weighted by Crippen LogP contribution is 2.37. The number of piperidine rings is 1. The lowest BCUT2D eigenvalue weighted by atomic mass is 9.84. The summed E-state index contributed by atoms with van der Waals surface area (Å²) in [5, 5.41) is 10.3. The van der Waals surface area contributed by atoms with E-state index in [0.29, 0.717) is 24.2 Å². The summed E-state index contributed by atoms with van der Waals surface area (Å²) in [5.41, 5.74) is 4.93. The number of fused-ring (bicyclic) bond motifs is 2. The number of carbonyl (C=O) groups is 2. The van der Waals surface area contributed by atoms with Crippen LogP contribution in [0.2, 0.25) is 0 Å². The molecule has 2 N–H and O–H groups in total. The Bertz CT molecular complexity index is 943. The number of hydrogen-bond acceptors (Lipinski definition) is 6. The van der Waals surface area contributed by atoms with Crippen LogP contribution >= 0.6 is 0 Å². The summed E-state index contributed by atoms with van der Waals surface area (Å²) in [5.74, 6) is 0.194. The molecule has 1 aromatic heterocycles. The molecule has 0 saturated carbocycles. The van der Waals surface area contributed by atoms with Crippen LogP contribution in [0.15, 0.2) is 35.2 Å². The van der Waals surface area contributed by atoms with Gasteiger partial charge in [0, 0.05) is 43.1 Å². The minimum atomic E-state index is 0.181. The van der Waals surface area contributed by atoms with Gasteiger partial charge in [0.1, 0.15) is 0 Å². The van der Waals surface area contributed by atoms with Crippen LogP contribution in [-0.2, 0) is 9.53 Å². The number of nitrogens with zero attached hydrogens (tertiary/aromatic N) is 2. The molecule has 0 bridgehead atoms. The Morgan fingerprint density at radius 1 is 1.34 bits per heavy atom. The number of aromatic nitrogens is 2. The average Bonchev–Trinajstić information content (AvgIpc) is 3.19. The summed E-state index contributed by atoms with van der Waals surface area (Å²) >= 11 is 0. The van der Waals surface area contributed by atoms with Crippen molar-refractivity contribution < 1.29 is 14.3 Å². The molecule has 2 atom stereocenters. The van der Waals surface area contributed by atoms with Gasteiger partial charge in [0.05, 0.1) is 30.1 Å². The van der Waals surface area contributed by atoms with Crippen LogP contribution in [0.5, 0.6) is 0 Å². The Balaban J connectivity index is 1.56. The van der Waals surface area contributed by atoms with Crippen molar-refractivity contribution in [1.82, 2.24) is 20.4 Å². The van der Waals surface area contributed by atoms with Gasteiger partial charge in [-0.05, 0) is 37.3 Å². The second-order valence-corrected chi connectivity index (χ2v) is 8.87. The van der Waals surface area contributed by atoms with E-state index in [0.717, 1.165) is 61.1 Å². The number of aldehydes is 1. The third kappa shape index (κ3) is 4.64. The number of H-pyrrole nitrogens is 1. The van der Waals surface area contributed by atoms with Gasteiger partial charge in [-0.3, -0.25) is 19.6 Å². The van der Waals surface area contributed by atoms with Crippen molar-refractivity contribution in [3.05, 3.63) is 46.4 Å². The van der Waals surface area contributed by atoms with Crippen LogP contribution in [0, 0.1) is 0 Å². The highest BCUT2D eigenvalue weighted by atomic mass is 16.5. The zero-order valence-corrected chi connectivity index (χ0v) is 19.2. The van der Waals surface area contributed by atoms with Crippen LogP contribution < -0.4 is 5.32 Å². The zero-order chi connectivity index (χ0) is 22.5. The van der Waals surface area contributed by atoms with E-state index in [4.69, 9.17) is 4.74 Å². The molecule has 2 unspecified atom stereocenters. The van der Waals surface area contributed by atoms with Gasteiger partial charge in [0.25, 0.3) is 0 Å². The van der Waals surface area contributed by atoms with Crippen molar-refractivity contribution in [2.24, 2.45) is 0 Å². The average molecular weight is 439 g/mol. The third-order valence-electron chi connectivity index (χ3n) is 6.84. The van der Waals surface area contributed by atoms with Gasteiger partial charge in [0.15, 0.2) is 12.1 Å². The molecule has 0 aromatic carbocycles. The van der Waals surface area contributed by atoms with E-state index in [1.807, 2.05) is 13.1 Å². The molecular weight excluding hydrogens is 404 g/mol. The number of rotatable bonds is 9. The van der Waals surface area contributed by atoms with Gasteiger partial charge >= 0.3 is 0 Å². The van der Waals surface area contributed by atoms with E-state index >= 15 is 0 Å². The van der Waals surface area contributed by atoms with Gasteiger partial charge < -0.3 is 10.1 Å². The van der Waals surface area contributed by atoms with Gasteiger partial charge in [-0.15, -0.1) is 0 Å². The molecule has 1 fully saturated rings. The summed E-state index contributed by atoms with van der Waals surface area (Å²) < 4.78 is 6.24. The highest BCUT2D eigenvalue weighted by Gasteiger charge is 2.38. The molecule has 1 aromatic rings. The molecule has 172 valence electrons. The minimum absolute atomic E-state index is 0.181. The van der Waals surface area contributed by atoms with Crippen LogP contribution in [0.25, 0.3) is 5.57 Å². The van der Waals surface area contributed by atoms with Crippen molar-refractivity contribution in [3.8, 4) is 0 Å². The van der Waals surface area contributed by atoms with Crippen molar-refractivity contribution in [1.29, 1.82) is 0 Å². The highest BCUT2D eigenvalue weighted by molar-refractivity contribution is 6.01. The summed E-state index contributed by atoms with van der Waals surface area (Å²) in [6.07, 6.45) is 14.0. The Morgan fingerprint density at radius 3 is 3.00 bits per heavy atom. The molecule has 32 heavy (non-hydrogen) atoms. The summed E-state index contributed by atoms with van der Waals surface area (Å²) in [6.45, 7) is 4.39. The first kappa shape index (κ1) is 22.7. The normalized spacial score (nSPS) is 23.8. The zero-order valence-electron chi connectivity index (χ0n) is 19.2. The predicted molar refractivity (Wildman–Crippen MR) is 124 cm³/mol. The Morgan fingerprint density at radius 2 is 2.22 bits per heavy atom. The fourth-order valence-electron chi connectivity index (χ4n) is 5.07. The second-order valence-electron chi connectivity index (χ2n) is 8.87. The predicted octanol–water partition coefficient (Wildman–Crippen LogP) is 3.42. The van der Waals surface area contributed by atoms with Crippen molar-refractivity contribution in [2.45, 2.75) is 64.0 Å².